The van der Waals surface area contributed by atoms with Crippen molar-refractivity contribution in [2.45, 2.75) is 6.42 Å². The molecule has 0 saturated heterocycles. The number of hydrogen-bond donors (Lipinski definition) is 1. The monoisotopic (exact) mass is 312 g/mol. The summed E-state index contributed by atoms with van der Waals surface area (Å²) in [6.45, 7) is 0.430. The van der Waals surface area contributed by atoms with Crippen molar-refractivity contribution in [1.82, 2.24) is 9.38 Å². The Morgan fingerprint density at radius 3 is 2.61 bits per heavy atom. The maximum Gasteiger partial charge on any atom is 0.286 e. The minimum atomic E-state index is -0.418. The molecule has 0 saturated carbocycles. The predicted molar refractivity (Wildman–Crippen MR) is 86.6 cm³/mol. The highest BCUT2D eigenvalue weighted by Gasteiger charge is 2.16. The molecule has 7 heteroatoms. The van der Waals surface area contributed by atoms with Gasteiger partial charge in [-0.2, -0.15) is 0 Å². The van der Waals surface area contributed by atoms with Crippen LogP contribution in [0.3, 0.4) is 0 Å². The first-order valence-electron chi connectivity index (χ1n) is 7.14. The first-order chi connectivity index (χ1) is 11.1. The van der Waals surface area contributed by atoms with Crippen LogP contribution in [0.2, 0.25) is 0 Å². The van der Waals surface area contributed by atoms with E-state index >= 15 is 0 Å². The quantitative estimate of drug-likeness (QED) is 0.576. The maximum atomic E-state index is 11.0. The van der Waals surface area contributed by atoms with E-state index in [4.69, 9.17) is 10.5 Å². The zero-order valence-electron chi connectivity index (χ0n) is 12.6. The molecule has 2 N–H and O–H groups in total. The average molecular weight is 312 g/mol. The first kappa shape index (κ1) is 15.0. The molecule has 3 rings (SSSR count). The molecule has 0 aliphatic rings. The van der Waals surface area contributed by atoms with E-state index in [0.717, 1.165) is 22.7 Å². The second-order valence-electron chi connectivity index (χ2n) is 5.05. The van der Waals surface area contributed by atoms with Crippen LogP contribution in [0.1, 0.15) is 5.69 Å². The molecule has 2 heterocycles. The minimum Gasteiger partial charge on any atom is -0.497 e. The van der Waals surface area contributed by atoms with Crippen molar-refractivity contribution in [3.63, 3.8) is 0 Å². The number of methoxy groups -OCH3 is 1. The standard InChI is InChI=1S/C16H16N4O3/c1-23-13-5-2-11(3-6-13)16-14(8-9-17)19-10-12(20(21)22)4-7-15(19)18-16/h2-7,10H,8-9,17H2,1H3. The Kier molecular flexibility index (Phi) is 3.94. The van der Waals surface area contributed by atoms with E-state index < -0.39 is 4.92 Å². The van der Waals surface area contributed by atoms with Gasteiger partial charge in [0.25, 0.3) is 5.69 Å². The van der Waals surface area contributed by atoms with Crippen LogP contribution in [-0.4, -0.2) is 28.0 Å². The number of imidazole rings is 1. The van der Waals surface area contributed by atoms with Gasteiger partial charge in [0, 0.05) is 18.1 Å². The Morgan fingerprint density at radius 1 is 1.26 bits per heavy atom. The predicted octanol–water partition coefficient (Wildman–Crippen LogP) is 2.42. The van der Waals surface area contributed by atoms with Crippen LogP contribution in [0.4, 0.5) is 5.69 Å². The van der Waals surface area contributed by atoms with Gasteiger partial charge in [-0.1, -0.05) is 0 Å². The SMILES string of the molecule is COc1ccc(-c2nc3ccc([N+](=O)[O-])cn3c2CCN)cc1. The van der Waals surface area contributed by atoms with Crippen molar-refractivity contribution in [3.8, 4) is 17.0 Å². The number of benzene rings is 1. The fourth-order valence-electron chi connectivity index (χ4n) is 2.55. The van der Waals surface area contributed by atoms with Crippen molar-refractivity contribution < 1.29 is 9.66 Å². The fourth-order valence-corrected chi connectivity index (χ4v) is 2.55. The summed E-state index contributed by atoms with van der Waals surface area (Å²) in [6.07, 6.45) is 2.06. The van der Waals surface area contributed by atoms with Gasteiger partial charge in [-0.05, 0) is 36.9 Å². The Balaban J connectivity index is 2.18. The molecule has 0 aliphatic heterocycles. The number of pyridine rings is 1. The smallest absolute Gasteiger partial charge is 0.286 e. The molecule has 118 valence electrons. The van der Waals surface area contributed by atoms with Gasteiger partial charge < -0.3 is 10.5 Å². The molecular formula is C16H16N4O3. The van der Waals surface area contributed by atoms with Crippen LogP contribution >= 0.6 is 0 Å². The van der Waals surface area contributed by atoms with E-state index in [1.165, 1.54) is 12.3 Å². The molecule has 0 radical (unpaired) electrons. The first-order valence-corrected chi connectivity index (χ1v) is 7.14. The highest BCUT2D eigenvalue weighted by Crippen LogP contribution is 2.27. The zero-order valence-corrected chi connectivity index (χ0v) is 12.6. The molecule has 0 aliphatic carbocycles. The Bertz CT molecular complexity index is 856. The average Bonchev–Trinajstić information content (AvgIpc) is 2.93. The van der Waals surface area contributed by atoms with Gasteiger partial charge in [0.2, 0.25) is 0 Å². The number of nitrogens with two attached hydrogens (primary N) is 1. The van der Waals surface area contributed by atoms with Crippen molar-refractivity contribution in [3.05, 3.63) is 58.4 Å². The Morgan fingerprint density at radius 2 is 2.00 bits per heavy atom. The van der Waals surface area contributed by atoms with Gasteiger partial charge in [-0.3, -0.25) is 14.5 Å². The summed E-state index contributed by atoms with van der Waals surface area (Å²) >= 11 is 0. The van der Waals surface area contributed by atoms with Gasteiger partial charge in [0.15, 0.2) is 0 Å². The largest absolute Gasteiger partial charge is 0.497 e. The third-order valence-corrected chi connectivity index (χ3v) is 3.66. The molecule has 0 atom stereocenters. The van der Waals surface area contributed by atoms with Gasteiger partial charge in [0.1, 0.15) is 11.4 Å². The molecule has 1 aromatic carbocycles. The molecule has 7 nitrogen and oxygen atoms in total. The fraction of sp³-hybridized carbons (Fsp3) is 0.188. The van der Waals surface area contributed by atoms with Crippen molar-refractivity contribution in [1.29, 1.82) is 0 Å². The van der Waals surface area contributed by atoms with E-state index in [9.17, 15) is 10.1 Å². The van der Waals surface area contributed by atoms with Crippen LogP contribution in [0.25, 0.3) is 16.9 Å². The van der Waals surface area contributed by atoms with Crippen LogP contribution in [0.5, 0.6) is 5.75 Å². The minimum absolute atomic E-state index is 0.0226. The van der Waals surface area contributed by atoms with Crippen LogP contribution < -0.4 is 10.5 Å². The van der Waals surface area contributed by atoms with Crippen LogP contribution in [0.15, 0.2) is 42.6 Å². The summed E-state index contributed by atoms with van der Waals surface area (Å²) in [4.78, 5) is 15.2. The number of hydrogen-bond acceptors (Lipinski definition) is 5. The third-order valence-electron chi connectivity index (χ3n) is 3.66. The Hall–Kier alpha value is -2.93. The highest BCUT2D eigenvalue weighted by molar-refractivity contribution is 5.67. The van der Waals surface area contributed by atoms with Crippen LogP contribution in [-0.2, 0) is 6.42 Å². The number of nitro groups is 1. The number of aromatic nitrogens is 2. The molecule has 0 amide bonds. The third kappa shape index (κ3) is 2.74. The summed E-state index contributed by atoms with van der Waals surface area (Å²) in [5, 5.41) is 11.0. The van der Waals surface area contributed by atoms with Crippen LogP contribution in [0, 0.1) is 10.1 Å². The van der Waals surface area contributed by atoms with E-state index in [-0.39, 0.29) is 5.69 Å². The van der Waals surface area contributed by atoms with Gasteiger partial charge in [-0.25, -0.2) is 4.98 Å². The van der Waals surface area contributed by atoms with Gasteiger partial charge >= 0.3 is 0 Å². The van der Waals surface area contributed by atoms with Gasteiger partial charge in [0.05, 0.1) is 29.6 Å². The molecule has 0 spiro atoms. The van der Waals surface area contributed by atoms with Crippen molar-refractivity contribution in [2.24, 2.45) is 5.73 Å². The lowest BCUT2D eigenvalue weighted by atomic mass is 10.1. The molecule has 3 aromatic rings. The van der Waals surface area contributed by atoms with E-state index in [0.29, 0.717) is 18.6 Å². The normalized spacial score (nSPS) is 10.9. The summed E-state index contributed by atoms with van der Waals surface area (Å²) in [5.74, 6) is 0.758. The summed E-state index contributed by atoms with van der Waals surface area (Å²) < 4.78 is 6.90. The molecule has 0 unspecified atom stereocenters. The number of nitrogens with zero attached hydrogens (tertiary/aromatic N) is 3. The maximum absolute atomic E-state index is 11.0. The lowest BCUT2D eigenvalue weighted by Crippen LogP contribution is -2.06. The lowest BCUT2D eigenvalue weighted by molar-refractivity contribution is -0.385. The second kappa shape index (κ2) is 6.05. The lowest BCUT2D eigenvalue weighted by Gasteiger charge is -2.05. The number of rotatable bonds is 5. The van der Waals surface area contributed by atoms with E-state index in [1.54, 1.807) is 17.6 Å². The van der Waals surface area contributed by atoms with Crippen molar-refractivity contribution >= 4 is 11.3 Å². The Labute approximate surface area is 132 Å². The van der Waals surface area contributed by atoms with E-state index in [1.807, 2.05) is 24.3 Å². The van der Waals surface area contributed by atoms with E-state index in [2.05, 4.69) is 4.98 Å². The zero-order chi connectivity index (χ0) is 16.4. The summed E-state index contributed by atoms with van der Waals surface area (Å²) in [7, 11) is 1.61. The second-order valence-corrected chi connectivity index (χ2v) is 5.05. The summed E-state index contributed by atoms with van der Waals surface area (Å²) in [6, 6.07) is 10.6. The molecule has 0 bridgehead atoms. The molecule has 23 heavy (non-hydrogen) atoms. The molecular weight excluding hydrogens is 296 g/mol. The number of ether oxygens (including phenoxy) is 1. The molecule has 2 aromatic heterocycles. The van der Waals surface area contributed by atoms with Gasteiger partial charge in [-0.15, -0.1) is 0 Å². The molecule has 0 fully saturated rings. The highest BCUT2D eigenvalue weighted by atomic mass is 16.6. The van der Waals surface area contributed by atoms with Crippen molar-refractivity contribution in [2.75, 3.05) is 13.7 Å². The number of fused-ring (bicyclic) bond motifs is 1. The topological polar surface area (TPSA) is 95.7 Å². The summed E-state index contributed by atoms with van der Waals surface area (Å²) in [5.41, 5.74) is 8.94.